The maximum absolute atomic E-state index is 13.6. The fourth-order valence-corrected chi connectivity index (χ4v) is 12.1. The van der Waals surface area contributed by atoms with Crippen molar-refractivity contribution in [1.29, 1.82) is 0 Å². The molecule has 0 aliphatic carbocycles. The summed E-state index contributed by atoms with van der Waals surface area (Å²) >= 11 is 1.46. The zero-order valence-corrected chi connectivity index (χ0v) is 17.7. The molecule has 29 heavy (non-hydrogen) atoms. The predicted octanol–water partition coefficient (Wildman–Crippen LogP) is 4.21. The highest BCUT2D eigenvalue weighted by Gasteiger charge is 2.61. The van der Waals surface area contributed by atoms with E-state index < -0.39 is 40.7 Å². The molecule has 0 N–H and O–H groups in total. The Morgan fingerprint density at radius 1 is 0.517 bits per heavy atom. The van der Waals surface area contributed by atoms with Crippen LogP contribution in [0.4, 0.5) is 0 Å². The van der Waals surface area contributed by atoms with Gasteiger partial charge in [-0.3, -0.25) is 0 Å². The number of rotatable bonds is 4. The molecule has 4 atom stereocenters. The summed E-state index contributed by atoms with van der Waals surface area (Å²) < 4.78 is 54.6. The number of hydrogen-bond acceptors (Lipinski definition) is 5. The van der Waals surface area contributed by atoms with E-state index >= 15 is 0 Å². The van der Waals surface area contributed by atoms with E-state index in [0.29, 0.717) is 0 Å². The van der Waals surface area contributed by atoms with E-state index in [1.165, 1.54) is 11.8 Å². The van der Waals surface area contributed by atoms with Crippen LogP contribution in [-0.4, -0.2) is 27.3 Å². The Morgan fingerprint density at radius 2 is 0.862 bits per heavy atom. The van der Waals surface area contributed by atoms with Crippen molar-refractivity contribution in [1.82, 2.24) is 0 Å². The SMILES string of the molecule is O=S(=O)(c1ccccc1)C1C2SC(c3ccccc32)C1S(=O)(=O)c1ccccc1. The number of fused-ring (bicyclic) bond motifs is 5. The van der Waals surface area contributed by atoms with Crippen molar-refractivity contribution in [3.8, 4) is 0 Å². The van der Waals surface area contributed by atoms with Crippen molar-refractivity contribution in [3.63, 3.8) is 0 Å². The minimum absolute atomic E-state index is 0.170. The van der Waals surface area contributed by atoms with E-state index in [2.05, 4.69) is 0 Å². The predicted molar refractivity (Wildman–Crippen MR) is 114 cm³/mol. The Bertz CT molecular complexity index is 1170. The molecule has 2 aliphatic heterocycles. The molecule has 148 valence electrons. The number of sulfone groups is 2. The molecule has 0 amide bonds. The lowest BCUT2D eigenvalue weighted by Crippen LogP contribution is -2.43. The van der Waals surface area contributed by atoms with Crippen LogP contribution in [0.15, 0.2) is 94.7 Å². The monoisotopic (exact) mass is 442 g/mol. The third kappa shape index (κ3) is 2.79. The Labute approximate surface area is 174 Å². The van der Waals surface area contributed by atoms with Crippen molar-refractivity contribution < 1.29 is 16.8 Å². The molecule has 1 fully saturated rings. The van der Waals surface area contributed by atoms with Crippen LogP contribution in [0.25, 0.3) is 0 Å². The zero-order valence-electron chi connectivity index (χ0n) is 15.3. The molecule has 4 unspecified atom stereocenters. The third-order valence-corrected chi connectivity index (χ3v) is 12.3. The second-order valence-corrected chi connectivity index (χ2v) is 12.8. The van der Waals surface area contributed by atoms with Gasteiger partial charge in [-0.2, -0.15) is 0 Å². The lowest BCUT2D eigenvalue weighted by atomic mass is 9.91. The molecule has 7 heteroatoms. The molecule has 3 aromatic rings. The third-order valence-electron chi connectivity index (χ3n) is 5.68. The molecule has 0 radical (unpaired) electrons. The second kappa shape index (κ2) is 6.72. The summed E-state index contributed by atoms with van der Waals surface area (Å²) in [5, 5.41) is -2.85. The van der Waals surface area contributed by atoms with Crippen molar-refractivity contribution in [3.05, 3.63) is 96.1 Å². The first-order valence-electron chi connectivity index (χ1n) is 9.24. The smallest absolute Gasteiger partial charge is 0.184 e. The first-order chi connectivity index (χ1) is 13.9. The standard InChI is InChI=1S/C22H18O4S3/c23-28(24,15-9-3-1-4-10-15)21-19-17-13-7-8-14-18(17)20(27-19)22(21)29(25,26)16-11-5-2-6-12-16/h1-14,19-22H. The number of benzene rings is 3. The molecular weight excluding hydrogens is 424 g/mol. The molecular formula is C22H18O4S3. The van der Waals surface area contributed by atoms with Gasteiger partial charge in [0.05, 0.1) is 9.79 Å². The number of thioether (sulfide) groups is 1. The van der Waals surface area contributed by atoms with E-state index in [1.54, 1.807) is 60.7 Å². The average molecular weight is 443 g/mol. The molecule has 2 bridgehead atoms. The highest BCUT2D eigenvalue weighted by molar-refractivity contribution is 8.05. The molecule has 0 spiro atoms. The fraction of sp³-hybridized carbons (Fsp3) is 0.182. The van der Waals surface area contributed by atoms with Gasteiger partial charge >= 0.3 is 0 Å². The highest BCUT2D eigenvalue weighted by Crippen LogP contribution is 2.65. The first kappa shape index (κ1) is 18.9. The van der Waals surface area contributed by atoms with Gasteiger partial charge in [-0.05, 0) is 35.4 Å². The van der Waals surface area contributed by atoms with Gasteiger partial charge in [0.15, 0.2) is 19.7 Å². The Balaban J connectivity index is 1.72. The van der Waals surface area contributed by atoms with Crippen molar-refractivity contribution >= 4 is 31.4 Å². The van der Waals surface area contributed by atoms with Crippen molar-refractivity contribution in [2.45, 2.75) is 30.8 Å². The summed E-state index contributed by atoms with van der Waals surface area (Å²) in [5.74, 6) is 0. The molecule has 2 aliphatic rings. The molecule has 5 rings (SSSR count). The lowest BCUT2D eigenvalue weighted by molar-refractivity contribution is 0.544. The van der Waals surface area contributed by atoms with Crippen LogP contribution in [0.5, 0.6) is 0 Å². The minimum atomic E-state index is -3.85. The topological polar surface area (TPSA) is 68.3 Å². The van der Waals surface area contributed by atoms with Gasteiger partial charge < -0.3 is 0 Å². The molecule has 3 aromatic carbocycles. The van der Waals surface area contributed by atoms with Gasteiger partial charge in [-0.25, -0.2) is 16.8 Å². The van der Waals surface area contributed by atoms with Gasteiger partial charge in [-0.1, -0.05) is 60.7 Å². The summed E-state index contributed by atoms with van der Waals surface area (Å²) in [6, 6.07) is 24.0. The maximum Gasteiger partial charge on any atom is 0.184 e. The van der Waals surface area contributed by atoms with E-state index in [4.69, 9.17) is 0 Å². The zero-order chi connectivity index (χ0) is 20.2. The lowest BCUT2D eigenvalue weighted by Gasteiger charge is -2.31. The molecule has 2 heterocycles. The van der Waals surface area contributed by atoms with Crippen LogP contribution >= 0.6 is 11.8 Å². The summed E-state index contributed by atoms with van der Waals surface area (Å²) in [5.41, 5.74) is 1.87. The summed E-state index contributed by atoms with van der Waals surface area (Å²) in [6.07, 6.45) is 0. The van der Waals surface area contributed by atoms with E-state index in [-0.39, 0.29) is 9.79 Å². The van der Waals surface area contributed by atoms with Gasteiger partial charge in [0, 0.05) is 10.5 Å². The van der Waals surface area contributed by atoms with Crippen LogP contribution in [0.2, 0.25) is 0 Å². The maximum atomic E-state index is 13.6. The number of hydrogen-bond donors (Lipinski definition) is 0. The van der Waals surface area contributed by atoms with Gasteiger partial charge in [-0.15, -0.1) is 11.8 Å². The molecule has 4 nitrogen and oxygen atoms in total. The fourth-order valence-electron chi connectivity index (χ4n) is 4.40. The minimum Gasteiger partial charge on any atom is -0.223 e. The van der Waals surface area contributed by atoms with Crippen molar-refractivity contribution in [2.75, 3.05) is 0 Å². The average Bonchev–Trinajstić information content (AvgIpc) is 3.33. The Morgan fingerprint density at radius 3 is 1.24 bits per heavy atom. The van der Waals surface area contributed by atoms with Crippen LogP contribution in [-0.2, 0) is 19.7 Å². The van der Waals surface area contributed by atoms with Crippen LogP contribution < -0.4 is 0 Å². The second-order valence-electron chi connectivity index (χ2n) is 7.25. The molecule has 0 saturated carbocycles. The Kier molecular flexibility index (Phi) is 4.38. The van der Waals surface area contributed by atoms with E-state index in [1.807, 2.05) is 24.3 Å². The van der Waals surface area contributed by atoms with Crippen molar-refractivity contribution in [2.24, 2.45) is 0 Å². The first-order valence-corrected chi connectivity index (χ1v) is 13.3. The molecule has 1 saturated heterocycles. The van der Waals surface area contributed by atoms with E-state index in [0.717, 1.165) is 11.1 Å². The summed E-state index contributed by atoms with van der Waals surface area (Å²) in [6.45, 7) is 0. The quantitative estimate of drug-likeness (QED) is 0.605. The van der Waals surface area contributed by atoms with Crippen LogP contribution in [0.1, 0.15) is 21.6 Å². The molecule has 0 aromatic heterocycles. The van der Waals surface area contributed by atoms with Crippen LogP contribution in [0.3, 0.4) is 0 Å². The normalized spacial score (nSPS) is 25.7. The summed E-state index contributed by atoms with van der Waals surface area (Å²) in [7, 11) is -7.71. The summed E-state index contributed by atoms with van der Waals surface area (Å²) in [4.78, 5) is 0.341. The van der Waals surface area contributed by atoms with E-state index in [9.17, 15) is 16.8 Å². The Hall–Kier alpha value is -2.09. The highest BCUT2D eigenvalue weighted by atomic mass is 32.2. The van der Waals surface area contributed by atoms with Gasteiger partial charge in [0.2, 0.25) is 0 Å². The largest absolute Gasteiger partial charge is 0.223 e. The van der Waals surface area contributed by atoms with Crippen LogP contribution in [0, 0.1) is 0 Å². The van der Waals surface area contributed by atoms with Gasteiger partial charge in [0.1, 0.15) is 10.5 Å². The van der Waals surface area contributed by atoms with Gasteiger partial charge in [0.25, 0.3) is 0 Å².